The molecule has 2 aromatic heterocycles. The van der Waals surface area contributed by atoms with Gasteiger partial charge in [0.1, 0.15) is 5.75 Å². The molecule has 0 amide bonds. The van der Waals surface area contributed by atoms with E-state index in [2.05, 4.69) is 65.6 Å². The molecule has 2 fully saturated rings. The molecule has 2 aromatic carbocycles. The van der Waals surface area contributed by atoms with E-state index in [-0.39, 0.29) is 17.8 Å². The zero-order valence-corrected chi connectivity index (χ0v) is 25.5. The lowest BCUT2D eigenvalue weighted by atomic mass is 9.91. The molecule has 2 saturated heterocycles. The molecular formula is C33H36ClN5OS. The zero-order chi connectivity index (χ0) is 28.8. The molecule has 6 rings (SSSR count). The summed E-state index contributed by atoms with van der Waals surface area (Å²) in [5.41, 5.74) is 6.83. The molecule has 41 heavy (non-hydrogen) atoms. The number of hydrogen-bond donors (Lipinski definition) is 2. The van der Waals surface area contributed by atoms with Crippen LogP contribution in [-0.2, 0) is 0 Å². The lowest BCUT2D eigenvalue weighted by Crippen LogP contribution is -2.38. The Balaban J connectivity index is 1.45. The van der Waals surface area contributed by atoms with Crippen LogP contribution in [0.15, 0.2) is 72.9 Å². The van der Waals surface area contributed by atoms with E-state index in [1.807, 2.05) is 48.7 Å². The van der Waals surface area contributed by atoms with E-state index in [1.165, 1.54) is 6.42 Å². The highest BCUT2D eigenvalue weighted by molar-refractivity contribution is 7.80. The normalized spacial score (nSPS) is 22.7. The fourth-order valence-corrected chi connectivity index (χ4v) is 7.46. The first-order valence-electron chi connectivity index (χ1n) is 14.2. The molecule has 4 heterocycles. The first kappa shape index (κ1) is 27.6. The van der Waals surface area contributed by atoms with Gasteiger partial charge in [-0.05, 0) is 98.4 Å². The summed E-state index contributed by atoms with van der Waals surface area (Å²) in [6.07, 6.45) is 3.06. The molecule has 4 aromatic rings. The third-order valence-corrected chi connectivity index (χ3v) is 9.05. The number of aryl methyl sites for hydroxylation is 1. The van der Waals surface area contributed by atoms with E-state index in [4.69, 9.17) is 28.8 Å². The Morgan fingerprint density at radius 2 is 1.68 bits per heavy atom. The summed E-state index contributed by atoms with van der Waals surface area (Å²) in [6, 6.07) is 21.6. The van der Waals surface area contributed by atoms with E-state index in [0.29, 0.717) is 16.9 Å². The van der Waals surface area contributed by atoms with Crippen LogP contribution >= 0.6 is 23.8 Å². The minimum Gasteiger partial charge on any atom is -0.506 e. The van der Waals surface area contributed by atoms with Crippen LogP contribution in [0.25, 0.3) is 5.69 Å². The Morgan fingerprint density at radius 1 is 0.951 bits per heavy atom. The van der Waals surface area contributed by atoms with Crippen molar-refractivity contribution in [1.29, 1.82) is 0 Å². The Hall–Kier alpha value is -3.55. The summed E-state index contributed by atoms with van der Waals surface area (Å²) in [5.74, 6) is 1.50. The molecular weight excluding hydrogens is 550 g/mol. The number of aromatic nitrogens is 2. The van der Waals surface area contributed by atoms with Crippen molar-refractivity contribution in [3.8, 4) is 11.4 Å². The number of anilines is 2. The van der Waals surface area contributed by atoms with E-state index in [0.717, 1.165) is 57.8 Å². The monoisotopic (exact) mass is 585 g/mol. The van der Waals surface area contributed by atoms with Crippen LogP contribution in [0.5, 0.6) is 5.75 Å². The van der Waals surface area contributed by atoms with Crippen LogP contribution < -0.4 is 15.1 Å². The van der Waals surface area contributed by atoms with Crippen LogP contribution in [0.4, 0.5) is 11.4 Å². The van der Waals surface area contributed by atoms with Crippen molar-refractivity contribution >= 4 is 40.3 Å². The van der Waals surface area contributed by atoms with Gasteiger partial charge in [-0.25, -0.2) is 0 Å². The quantitative estimate of drug-likeness (QED) is 0.236. The smallest absolute Gasteiger partial charge is 0.174 e. The first-order valence-corrected chi connectivity index (χ1v) is 15.0. The molecule has 0 radical (unpaired) electrons. The van der Waals surface area contributed by atoms with Crippen molar-refractivity contribution in [2.24, 2.45) is 11.8 Å². The maximum Gasteiger partial charge on any atom is 0.174 e. The maximum absolute atomic E-state index is 10.7. The zero-order valence-electron chi connectivity index (χ0n) is 23.9. The fraction of sp³-hybridized carbons (Fsp3) is 0.333. The van der Waals surface area contributed by atoms with Crippen LogP contribution in [0.1, 0.15) is 55.0 Å². The molecule has 2 aliphatic heterocycles. The molecule has 0 unspecified atom stereocenters. The second-order valence-electron chi connectivity index (χ2n) is 11.6. The topological polar surface area (TPSA) is 56.6 Å². The van der Waals surface area contributed by atoms with Crippen molar-refractivity contribution in [2.75, 3.05) is 22.9 Å². The van der Waals surface area contributed by atoms with Gasteiger partial charge in [-0.1, -0.05) is 43.6 Å². The molecule has 0 saturated carbocycles. The van der Waals surface area contributed by atoms with Crippen LogP contribution in [0.2, 0.25) is 5.02 Å². The minimum absolute atomic E-state index is 0.177. The van der Waals surface area contributed by atoms with Crippen molar-refractivity contribution in [3.63, 3.8) is 0 Å². The van der Waals surface area contributed by atoms with E-state index in [9.17, 15) is 5.11 Å². The number of benzene rings is 2. The van der Waals surface area contributed by atoms with Gasteiger partial charge >= 0.3 is 0 Å². The molecule has 212 valence electrons. The van der Waals surface area contributed by atoms with Crippen LogP contribution in [-0.4, -0.2) is 32.9 Å². The van der Waals surface area contributed by atoms with Gasteiger partial charge in [-0.3, -0.25) is 4.98 Å². The number of nitrogens with zero attached hydrogens (tertiary/aromatic N) is 4. The fourth-order valence-electron chi connectivity index (χ4n) is 6.82. The number of para-hydroxylation sites is 2. The van der Waals surface area contributed by atoms with Gasteiger partial charge in [-0.2, -0.15) is 0 Å². The van der Waals surface area contributed by atoms with Gasteiger partial charge in [0.05, 0.1) is 34.2 Å². The van der Waals surface area contributed by atoms with Gasteiger partial charge in [0.15, 0.2) is 5.11 Å². The molecule has 6 nitrogen and oxygen atoms in total. The second-order valence-corrected chi connectivity index (χ2v) is 12.4. The Bertz CT molecular complexity index is 1580. The maximum atomic E-state index is 10.7. The SMILES string of the molecule is Cc1cc([C@@H]2[C@H](c3ccccn3)NC(=S)N2c2ccc(N3C[C@@H](C)C[C@H](C)C3)c(Cl)c2)c(C)n1-c1ccccc1O. The van der Waals surface area contributed by atoms with E-state index >= 15 is 0 Å². The average Bonchev–Trinajstić information content (AvgIpc) is 3.43. The van der Waals surface area contributed by atoms with Gasteiger partial charge in [0, 0.05) is 36.4 Å². The lowest BCUT2D eigenvalue weighted by molar-refractivity contribution is 0.357. The van der Waals surface area contributed by atoms with E-state index < -0.39 is 0 Å². The largest absolute Gasteiger partial charge is 0.506 e. The molecule has 4 atom stereocenters. The number of thiocarbonyl (C=S) groups is 1. The number of hydrogen-bond acceptors (Lipinski definition) is 4. The summed E-state index contributed by atoms with van der Waals surface area (Å²) in [7, 11) is 0. The summed E-state index contributed by atoms with van der Waals surface area (Å²) in [4.78, 5) is 9.29. The van der Waals surface area contributed by atoms with Crippen LogP contribution in [0.3, 0.4) is 0 Å². The number of aromatic hydroxyl groups is 1. The third-order valence-electron chi connectivity index (χ3n) is 8.43. The summed E-state index contributed by atoms with van der Waals surface area (Å²) in [6.45, 7) is 10.8. The third kappa shape index (κ3) is 5.06. The highest BCUT2D eigenvalue weighted by Gasteiger charge is 2.42. The molecule has 2 N–H and O–H groups in total. The highest BCUT2D eigenvalue weighted by Crippen LogP contribution is 2.45. The summed E-state index contributed by atoms with van der Waals surface area (Å²) in [5, 5.41) is 15.6. The predicted octanol–water partition coefficient (Wildman–Crippen LogP) is 7.51. The van der Waals surface area contributed by atoms with Gasteiger partial charge in [0.2, 0.25) is 0 Å². The summed E-state index contributed by atoms with van der Waals surface area (Å²) < 4.78 is 2.11. The highest BCUT2D eigenvalue weighted by atomic mass is 35.5. The van der Waals surface area contributed by atoms with Crippen molar-refractivity contribution in [3.05, 3.63) is 101 Å². The number of rotatable bonds is 5. The molecule has 0 bridgehead atoms. The van der Waals surface area contributed by atoms with Crippen molar-refractivity contribution in [1.82, 2.24) is 14.9 Å². The number of phenolic OH excluding ortho intramolecular Hbond substituents is 1. The number of piperidine rings is 1. The number of halogens is 1. The minimum atomic E-state index is -0.180. The Morgan fingerprint density at radius 3 is 2.37 bits per heavy atom. The molecule has 0 aliphatic carbocycles. The standard InChI is InChI=1S/C33H36ClN5OS/c1-20-15-21(2)19-37(18-20)28-13-12-24(17-26(28)34)39-32(31(36-33(39)41)27-9-7-8-14-35-27)25-16-22(3)38(23(25)4)29-10-5-6-11-30(29)40/h5-14,16-17,20-21,31-32,40H,15,18-19H2,1-4H3,(H,36,41)/t20-,21-,31-,32+/m0/s1. The molecule has 8 heteroatoms. The van der Waals surface area contributed by atoms with E-state index in [1.54, 1.807) is 6.07 Å². The van der Waals surface area contributed by atoms with Crippen LogP contribution in [0, 0.1) is 25.7 Å². The predicted molar refractivity (Wildman–Crippen MR) is 171 cm³/mol. The Kier molecular flexibility index (Phi) is 7.43. The number of nitrogens with one attached hydrogen (secondary N) is 1. The van der Waals surface area contributed by atoms with Crippen molar-refractivity contribution < 1.29 is 5.11 Å². The number of pyridine rings is 1. The first-order chi connectivity index (χ1) is 19.7. The lowest BCUT2D eigenvalue weighted by Gasteiger charge is -2.37. The average molecular weight is 586 g/mol. The Labute approximate surface area is 252 Å². The molecule has 2 aliphatic rings. The summed E-state index contributed by atoms with van der Waals surface area (Å²) >= 11 is 13.0. The van der Waals surface area contributed by atoms with Gasteiger partial charge < -0.3 is 24.8 Å². The number of phenols is 1. The van der Waals surface area contributed by atoms with Gasteiger partial charge in [-0.15, -0.1) is 0 Å². The molecule has 0 spiro atoms. The van der Waals surface area contributed by atoms with Crippen molar-refractivity contribution in [2.45, 2.75) is 46.2 Å². The van der Waals surface area contributed by atoms with Gasteiger partial charge in [0.25, 0.3) is 0 Å². The second kappa shape index (κ2) is 11.0.